The van der Waals surface area contributed by atoms with Crippen LogP contribution in [0.1, 0.15) is 30.3 Å². The maximum atomic E-state index is 12.5. The van der Waals surface area contributed by atoms with Crippen LogP contribution in [0.2, 0.25) is 0 Å². The van der Waals surface area contributed by atoms with Crippen LogP contribution in [-0.4, -0.2) is 15.8 Å². The first-order valence-corrected chi connectivity index (χ1v) is 7.57. The molecule has 0 amide bonds. The van der Waals surface area contributed by atoms with Gasteiger partial charge in [-0.25, -0.2) is 4.98 Å². The summed E-state index contributed by atoms with van der Waals surface area (Å²) in [5, 5.41) is 1.60. The molecule has 0 aliphatic rings. The van der Waals surface area contributed by atoms with Crippen LogP contribution in [0, 0.1) is 13.8 Å². The lowest BCUT2D eigenvalue weighted by atomic mass is 10.2. The summed E-state index contributed by atoms with van der Waals surface area (Å²) in [7, 11) is 0. The molecule has 17 heavy (non-hydrogen) atoms. The largest absolute Gasteiger partial charge is 0.284 e. The smallest absolute Gasteiger partial charge is 0.263 e. The third kappa shape index (κ3) is 1.91. The number of thioether (sulfide) groups is 1. The second-order valence-electron chi connectivity index (χ2n) is 4.33. The first-order valence-electron chi connectivity index (χ1n) is 5.53. The van der Waals surface area contributed by atoms with Gasteiger partial charge >= 0.3 is 0 Å². The zero-order chi connectivity index (χ0) is 12.7. The van der Waals surface area contributed by atoms with Gasteiger partial charge in [-0.15, -0.1) is 11.3 Å². The molecule has 3 nitrogen and oxygen atoms in total. The van der Waals surface area contributed by atoms with Crippen LogP contribution in [0.15, 0.2) is 9.95 Å². The molecule has 2 aromatic heterocycles. The second kappa shape index (κ2) is 4.46. The lowest BCUT2D eigenvalue weighted by Gasteiger charge is -2.13. The third-order valence-corrected chi connectivity index (χ3v) is 4.66. The summed E-state index contributed by atoms with van der Waals surface area (Å²) in [5.74, 6) is 0. The lowest BCUT2D eigenvalue weighted by Crippen LogP contribution is -2.24. The van der Waals surface area contributed by atoms with Gasteiger partial charge in [0.1, 0.15) is 4.83 Å². The van der Waals surface area contributed by atoms with Crippen LogP contribution in [0.5, 0.6) is 0 Å². The van der Waals surface area contributed by atoms with Gasteiger partial charge in [-0.1, -0.05) is 11.8 Å². The van der Waals surface area contributed by atoms with Crippen molar-refractivity contribution in [1.29, 1.82) is 0 Å². The molecular formula is C12H16N2OS2. The van der Waals surface area contributed by atoms with Crippen LogP contribution >= 0.6 is 23.1 Å². The highest BCUT2D eigenvalue weighted by Gasteiger charge is 2.17. The topological polar surface area (TPSA) is 34.9 Å². The standard InChI is InChI=1S/C12H16N2OS2/c1-6(2)14-11(15)9-7(3)8(4)17-10(9)13-12(14)16-5/h6H,1-5H3. The van der Waals surface area contributed by atoms with E-state index in [-0.39, 0.29) is 11.6 Å². The zero-order valence-corrected chi connectivity index (χ0v) is 12.3. The van der Waals surface area contributed by atoms with E-state index in [9.17, 15) is 4.79 Å². The minimum absolute atomic E-state index is 0.0937. The van der Waals surface area contributed by atoms with Gasteiger partial charge in [0, 0.05) is 10.9 Å². The minimum Gasteiger partial charge on any atom is -0.284 e. The highest BCUT2D eigenvalue weighted by Crippen LogP contribution is 2.28. The number of aromatic nitrogens is 2. The van der Waals surface area contributed by atoms with E-state index in [0.29, 0.717) is 0 Å². The van der Waals surface area contributed by atoms with Gasteiger partial charge in [-0.3, -0.25) is 9.36 Å². The molecule has 0 radical (unpaired) electrons. The van der Waals surface area contributed by atoms with Crippen molar-refractivity contribution in [3.05, 3.63) is 20.8 Å². The van der Waals surface area contributed by atoms with Crippen molar-refractivity contribution in [3.8, 4) is 0 Å². The lowest BCUT2D eigenvalue weighted by molar-refractivity contribution is 0.520. The molecule has 2 rings (SSSR count). The Morgan fingerprint density at radius 2 is 2.00 bits per heavy atom. The normalized spacial score (nSPS) is 11.6. The summed E-state index contributed by atoms with van der Waals surface area (Å²) in [6.07, 6.45) is 1.96. The van der Waals surface area contributed by atoms with E-state index in [1.165, 1.54) is 16.6 Å². The molecule has 92 valence electrons. The van der Waals surface area contributed by atoms with Gasteiger partial charge in [0.15, 0.2) is 5.16 Å². The highest BCUT2D eigenvalue weighted by molar-refractivity contribution is 7.98. The molecule has 5 heteroatoms. The molecule has 0 bridgehead atoms. The van der Waals surface area contributed by atoms with E-state index in [4.69, 9.17) is 0 Å². The Bertz CT molecular complexity index is 625. The molecule has 0 aromatic carbocycles. The van der Waals surface area contributed by atoms with Gasteiger partial charge in [-0.2, -0.15) is 0 Å². The van der Waals surface area contributed by atoms with Gasteiger partial charge < -0.3 is 0 Å². The maximum absolute atomic E-state index is 12.5. The predicted molar refractivity (Wildman–Crippen MR) is 75.5 cm³/mol. The predicted octanol–water partition coefficient (Wildman–Crippen LogP) is 3.38. The number of hydrogen-bond donors (Lipinski definition) is 0. The molecule has 0 unspecified atom stereocenters. The quantitative estimate of drug-likeness (QED) is 0.618. The molecule has 0 aliphatic heterocycles. The molecule has 2 aromatic rings. The molecule has 0 aliphatic carbocycles. The Balaban J connectivity index is 2.94. The van der Waals surface area contributed by atoms with Gasteiger partial charge in [0.2, 0.25) is 0 Å². The van der Waals surface area contributed by atoms with Crippen molar-refractivity contribution < 1.29 is 0 Å². The molecule has 0 saturated carbocycles. The van der Waals surface area contributed by atoms with Crippen molar-refractivity contribution in [3.63, 3.8) is 0 Å². The SMILES string of the molecule is CSc1nc2sc(C)c(C)c2c(=O)n1C(C)C. The summed E-state index contributed by atoms with van der Waals surface area (Å²) in [6.45, 7) is 8.08. The number of rotatable bonds is 2. The van der Waals surface area contributed by atoms with E-state index in [0.717, 1.165) is 20.9 Å². The number of hydrogen-bond acceptors (Lipinski definition) is 4. The maximum Gasteiger partial charge on any atom is 0.263 e. The summed E-state index contributed by atoms with van der Waals surface area (Å²) in [4.78, 5) is 19.1. The molecule has 0 N–H and O–H groups in total. The Morgan fingerprint density at radius 3 is 2.53 bits per heavy atom. The third-order valence-electron chi connectivity index (χ3n) is 2.90. The van der Waals surface area contributed by atoms with Crippen LogP contribution in [-0.2, 0) is 0 Å². The first-order chi connectivity index (χ1) is 7.97. The van der Waals surface area contributed by atoms with E-state index < -0.39 is 0 Å². The summed E-state index contributed by atoms with van der Waals surface area (Å²) < 4.78 is 1.78. The van der Waals surface area contributed by atoms with E-state index in [1.807, 2.05) is 34.0 Å². The van der Waals surface area contributed by atoms with Crippen molar-refractivity contribution >= 4 is 33.3 Å². The second-order valence-corrected chi connectivity index (χ2v) is 6.31. The summed E-state index contributed by atoms with van der Waals surface area (Å²) in [6, 6.07) is 0.140. The fraction of sp³-hybridized carbons (Fsp3) is 0.500. The summed E-state index contributed by atoms with van der Waals surface area (Å²) >= 11 is 3.13. The Morgan fingerprint density at radius 1 is 1.35 bits per heavy atom. The van der Waals surface area contributed by atoms with Crippen LogP contribution in [0.3, 0.4) is 0 Å². The van der Waals surface area contributed by atoms with Crippen LogP contribution in [0.4, 0.5) is 0 Å². The molecule has 0 atom stereocenters. The number of aryl methyl sites for hydroxylation is 2. The van der Waals surface area contributed by atoms with Gasteiger partial charge in [-0.05, 0) is 39.5 Å². The Kier molecular flexibility index (Phi) is 3.32. The molecule has 0 saturated heterocycles. The average Bonchev–Trinajstić information content (AvgIpc) is 2.54. The molecular weight excluding hydrogens is 252 g/mol. The van der Waals surface area contributed by atoms with Gasteiger partial charge in [0.05, 0.1) is 5.39 Å². The highest BCUT2D eigenvalue weighted by atomic mass is 32.2. The van der Waals surface area contributed by atoms with Crippen molar-refractivity contribution in [2.75, 3.05) is 6.26 Å². The van der Waals surface area contributed by atoms with E-state index in [1.54, 1.807) is 15.9 Å². The number of fused-ring (bicyclic) bond motifs is 1. The molecule has 0 fully saturated rings. The fourth-order valence-electron chi connectivity index (χ4n) is 1.89. The monoisotopic (exact) mass is 268 g/mol. The van der Waals surface area contributed by atoms with Crippen molar-refractivity contribution in [1.82, 2.24) is 9.55 Å². The van der Waals surface area contributed by atoms with Crippen LogP contribution in [0.25, 0.3) is 10.2 Å². The minimum atomic E-state index is 0.0937. The number of nitrogens with zero attached hydrogens (tertiary/aromatic N) is 2. The van der Waals surface area contributed by atoms with Crippen LogP contribution < -0.4 is 5.56 Å². The summed E-state index contributed by atoms with van der Waals surface area (Å²) in [5.41, 5.74) is 1.17. The van der Waals surface area contributed by atoms with E-state index in [2.05, 4.69) is 4.98 Å². The zero-order valence-electron chi connectivity index (χ0n) is 10.7. The van der Waals surface area contributed by atoms with Crippen molar-refractivity contribution in [2.24, 2.45) is 0 Å². The first kappa shape index (κ1) is 12.6. The molecule has 0 spiro atoms. The van der Waals surface area contributed by atoms with Gasteiger partial charge in [0.25, 0.3) is 5.56 Å². The van der Waals surface area contributed by atoms with E-state index >= 15 is 0 Å². The fourth-order valence-corrected chi connectivity index (χ4v) is 3.64. The average molecular weight is 268 g/mol. The van der Waals surface area contributed by atoms with Crippen molar-refractivity contribution in [2.45, 2.75) is 38.9 Å². The Labute approximate surface area is 109 Å². The number of thiophene rings is 1. The molecule has 2 heterocycles. The Hall–Kier alpha value is -0.810.